The summed E-state index contributed by atoms with van der Waals surface area (Å²) >= 11 is 1.95. The van der Waals surface area contributed by atoms with Crippen LogP contribution in [0.2, 0.25) is 0 Å². The predicted octanol–water partition coefficient (Wildman–Crippen LogP) is 11.8. The van der Waals surface area contributed by atoms with Gasteiger partial charge in [-0.15, -0.1) is 0 Å². The molecular weight excluding hydrogens is 663 g/mol. The Morgan fingerprint density at radius 1 is 0.528 bits per heavy atom. The number of aromatic nitrogens is 3. The largest absolute Gasteiger partial charge is 0.241 e. The van der Waals surface area contributed by atoms with E-state index in [0.29, 0.717) is 6.54 Å². The Morgan fingerprint density at radius 2 is 1.11 bits per heavy atom. The van der Waals surface area contributed by atoms with Crippen LogP contribution in [0.15, 0.2) is 174 Å². The van der Waals surface area contributed by atoms with Gasteiger partial charge in [0.1, 0.15) is 0 Å². The van der Waals surface area contributed by atoms with Gasteiger partial charge in [0.2, 0.25) is 0 Å². The van der Waals surface area contributed by atoms with Gasteiger partial charge < -0.3 is 0 Å². The van der Waals surface area contributed by atoms with Crippen LogP contribution in [0.3, 0.4) is 0 Å². The van der Waals surface area contributed by atoms with Gasteiger partial charge in [-0.1, -0.05) is 177 Å². The Balaban J connectivity index is 1.12. The first kappa shape index (κ1) is 30.6. The maximum Gasteiger partial charge on any atom is 0.181 e. The number of fused-ring (bicyclic) bond motifs is 13. The van der Waals surface area contributed by atoms with Crippen LogP contribution in [0.5, 0.6) is 0 Å². The summed E-state index contributed by atoms with van der Waals surface area (Å²) < 4.78 is 2.08. The minimum Gasteiger partial charge on any atom is -0.241 e. The maximum absolute atomic E-state index is 5.11. The summed E-state index contributed by atoms with van der Waals surface area (Å²) in [5.41, 5.74) is 16.3. The van der Waals surface area contributed by atoms with E-state index in [0.717, 1.165) is 22.8 Å². The highest BCUT2D eigenvalue weighted by molar-refractivity contribution is 7.99. The van der Waals surface area contributed by atoms with Crippen LogP contribution < -0.4 is 0 Å². The van der Waals surface area contributed by atoms with Gasteiger partial charge in [-0.25, -0.2) is 9.67 Å². The topological polar surface area (TPSA) is 30.7 Å². The smallest absolute Gasteiger partial charge is 0.181 e. The SMILES string of the molecule is CC1(C)c2ccc(Cn3nc(-c4ccccc4)nc3-c3ccccc3)cc2-c2c1ccc1c2Sc2ccccc2C12c1ccccc1-c1ccccc12. The lowest BCUT2D eigenvalue weighted by Gasteiger charge is -2.40. The van der Waals surface area contributed by atoms with Gasteiger partial charge in [0.15, 0.2) is 11.6 Å². The normalized spacial score (nSPS) is 14.9. The Hall–Kier alpha value is -5.97. The van der Waals surface area contributed by atoms with Crippen molar-refractivity contribution >= 4 is 11.8 Å². The van der Waals surface area contributed by atoms with Crippen molar-refractivity contribution in [3.05, 3.63) is 203 Å². The number of rotatable bonds is 4. The standard InChI is InChI=1S/C49H35N3S/c1-48(2)37-26-25-31(30-52-47(33-17-7-4-8-18-33)50-46(51-52)32-15-5-3-6-16-32)29-36(37)44-41(48)27-28-42-45(44)53-43-24-14-13-23-40(43)49(42)38-21-11-9-19-34(38)35-20-10-12-22-39(35)49/h3-29H,30H2,1-2H3. The number of benzene rings is 7. The first-order valence-electron chi connectivity index (χ1n) is 18.4. The van der Waals surface area contributed by atoms with Crippen molar-refractivity contribution in [2.24, 2.45) is 0 Å². The summed E-state index contributed by atoms with van der Waals surface area (Å²) in [7, 11) is 0. The molecule has 252 valence electrons. The van der Waals surface area contributed by atoms with E-state index in [2.05, 4.69) is 158 Å². The second-order valence-electron chi connectivity index (χ2n) is 15.0. The van der Waals surface area contributed by atoms with E-state index in [1.807, 2.05) is 36.0 Å². The molecule has 2 heterocycles. The molecule has 2 aliphatic carbocycles. The molecular formula is C49H35N3S. The quantitative estimate of drug-likeness (QED) is 0.183. The van der Waals surface area contributed by atoms with Gasteiger partial charge in [0, 0.05) is 31.9 Å². The predicted molar refractivity (Wildman–Crippen MR) is 215 cm³/mol. The zero-order chi connectivity index (χ0) is 35.3. The Morgan fingerprint density at radius 3 is 1.83 bits per heavy atom. The Kier molecular flexibility index (Phi) is 6.51. The summed E-state index contributed by atoms with van der Waals surface area (Å²) in [4.78, 5) is 7.78. The minimum absolute atomic E-state index is 0.142. The zero-order valence-electron chi connectivity index (χ0n) is 29.5. The highest BCUT2D eigenvalue weighted by atomic mass is 32.2. The Labute approximate surface area is 314 Å². The fourth-order valence-electron chi connectivity index (χ4n) is 9.43. The maximum atomic E-state index is 5.11. The lowest BCUT2D eigenvalue weighted by Crippen LogP contribution is -2.32. The highest BCUT2D eigenvalue weighted by Crippen LogP contribution is 2.65. The second kappa shape index (κ2) is 11.3. The molecule has 0 unspecified atom stereocenters. The van der Waals surface area contributed by atoms with E-state index < -0.39 is 5.41 Å². The van der Waals surface area contributed by atoms with Crippen LogP contribution in [-0.4, -0.2) is 14.8 Å². The minimum atomic E-state index is -0.400. The lowest BCUT2D eigenvalue weighted by molar-refractivity contribution is 0.654. The fraction of sp³-hybridized carbons (Fsp3) is 0.102. The monoisotopic (exact) mass is 697 g/mol. The van der Waals surface area contributed by atoms with E-state index in [-0.39, 0.29) is 5.41 Å². The van der Waals surface area contributed by atoms with Gasteiger partial charge in [-0.05, 0) is 67.8 Å². The third-order valence-electron chi connectivity index (χ3n) is 11.8. The fourth-order valence-corrected chi connectivity index (χ4v) is 10.8. The van der Waals surface area contributed by atoms with E-state index in [4.69, 9.17) is 10.1 Å². The zero-order valence-corrected chi connectivity index (χ0v) is 30.4. The summed E-state index contributed by atoms with van der Waals surface area (Å²) in [5, 5.41) is 5.11. The van der Waals surface area contributed by atoms with Crippen molar-refractivity contribution in [2.45, 2.75) is 41.0 Å². The number of hydrogen-bond acceptors (Lipinski definition) is 3. The van der Waals surface area contributed by atoms with Gasteiger partial charge in [-0.3, -0.25) is 0 Å². The molecule has 1 aromatic heterocycles. The molecule has 3 nitrogen and oxygen atoms in total. The molecule has 1 aliphatic heterocycles. The third kappa shape index (κ3) is 4.24. The molecule has 0 radical (unpaired) electrons. The van der Waals surface area contributed by atoms with Crippen molar-refractivity contribution in [1.82, 2.24) is 14.8 Å². The summed E-state index contributed by atoms with van der Waals surface area (Å²) in [6, 6.07) is 59.9. The molecule has 0 amide bonds. The molecule has 8 aromatic rings. The molecule has 0 saturated heterocycles. The van der Waals surface area contributed by atoms with Crippen LogP contribution in [0.1, 0.15) is 52.8 Å². The molecule has 0 bridgehead atoms. The first-order chi connectivity index (χ1) is 26.0. The van der Waals surface area contributed by atoms with Crippen molar-refractivity contribution in [3.8, 4) is 45.0 Å². The van der Waals surface area contributed by atoms with E-state index >= 15 is 0 Å². The molecule has 0 N–H and O–H groups in total. The van der Waals surface area contributed by atoms with Crippen molar-refractivity contribution in [2.75, 3.05) is 0 Å². The number of nitrogens with zero attached hydrogens (tertiary/aromatic N) is 3. The number of hydrogen-bond donors (Lipinski definition) is 0. The van der Waals surface area contributed by atoms with Gasteiger partial charge in [-0.2, -0.15) is 5.10 Å². The van der Waals surface area contributed by atoms with E-state index in [9.17, 15) is 0 Å². The van der Waals surface area contributed by atoms with Gasteiger partial charge in [0.05, 0.1) is 12.0 Å². The van der Waals surface area contributed by atoms with Crippen LogP contribution in [0, 0.1) is 0 Å². The molecule has 0 atom stereocenters. The van der Waals surface area contributed by atoms with Crippen LogP contribution in [0.25, 0.3) is 45.0 Å². The summed E-state index contributed by atoms with van der Waals surface area (Å²) in [6.45, 7) is 5.39. The molecule has 0 saturated carbocycles. The highest BCUT2D eigenvalue weighted by Gasteiger charge is 2.52. The first-order valence-corrected chi connectivity index (χ1v) is 19.2. The molecule has 11 rings (SSSR count). The molecule has 4 heteroatoms. The average molecular weight is 698 g/mol. The van der Waals surface area contributed by atoms with E-state index in [1.165, 1.54) is 71.0 Å². The third-order valence-corrected chi connectivity index (χ3v) is 13.0. The molecule has 53 heavy (non-hydrogen) atoms. The Bertz CT molecular complexity index is 2710. The van der Waals surface area contributed by atoms with Crippen LogP contribution >= 0.6 is 11.8 Å². The van der Waals surface area contributed by atoms with Crippen LogP contribution in [0.4, 0.5) is 0 Å². The van der Waals surface area contributed by atoms with Gasteiger partial charge >= 0.3 is 0 Å². The molecule has 7 aromatic carbocycles. The lowest BCUT2D eigenvalue weighted by atomic mass is 9.66. The average Bonchev–Trinajstić information content (AvgIpc) is 3.83. The summed E-state index contributed by atoms with van der Waals surface area (Å²) in [5.74, 6) is 1.61. The van der Waals surface area contributed by atoms with Crippen molar-refractivity contribution < 1.29 is 0 Å². The van der Waals surface area contributed by atoms with Gasteiger partial charge in [0.25, 0.3) is 0 Å². The molecule has 0 fully saturated rings. The van der Waals surface area contributed by atoms with Crippen molar-refractivity contribution in [1.29, 1.82) is 0 Å². The molecule has 1 spiro atoms. The second-order valence-corrected chi connectivity index (χ2v) is 16.0. The molecule has 3 aliphatic rings. The van der Waals surface area contributed by atoms with Crippen molar-refractivity contribution in [3.63, 3.8) is 0 Å². The summed E-state index contributed by atoms with van der Waals surface area (Å²) in [6.07, 6.45) is 0. The van der Waals surface area contributed by atoms with E-state index in [1.54, 1.807) is 0 Å². The van der Waals surface area contributed by atoms with Crippen LogP contribution in [-0.2, 0) is 17.4 Å².